The van der Waals surface area contributed by atoms with Crippen LogP contribution in [0.4, 0.5) is 11.5 Å². The molecule has 140 valence electrons. The molecular formula is C19H15N5O3S. The fourth-order valence-corrected chi connectivity index (χ4v) is 4.28. The first kappa shape index (κ1) is 17.8. The first-order chi connectivity index (χ1) is 13.6. The van der Waals surface area contributed by atoms with Crippen molar-refractivity contribution in [2.45, 2.75) is 4.90 Å². The van der Waals surface area contributed by atoms with E-state index >= 15 is 0 Å². The van der Waals surface area contributed by atoms with Crippen molar-refractivity contribution in [1.82, 2.24) is 19.9 Å². The molecule has 4 aromatic rings. The van der Waals surface area contributed by atoms with Gasteiger partial charge >= 0.3 is 0 Å². The summed E-state index contributed by atoms with van der Waals surface area (Å²) in [5, 5.41) is 1.60. The largest absolute Gasteiger partial charge is 0.479 e. The van der Waals surface area contributed by atoms with Gasteiger partial charge in [-0.15, -0.1) is 0 Å². The minimum Gasteiger partial charge on any atom is -0.479 e. The number of aromatic nitrogens is 4. The number of ether oxygens (including phenoxy) is 1. The second kappa shape index (κ2) is 7.20. The highest BCUT2D eigenvalue weighted by Gasteiger charge is 2.30. The lowest BCUT2D eigenvalue weighted by Crippen LogP contribution is -2.27. The van der Waals surface area contributed by atoms with Gasteiger partial charge in [-0.3, -0.25) is 4.98 Å². The molecule has 3 heterocycles. The Labute approximate surface area is 161 Å². The number of sulfonamides is 1. The Balaban J connectivity index is 1.94. The third-order valence-corrected chi connectivity index (χ3v) is 5.80. The number of pyridine rings is 2. The number of nitrogens with zero attached hydrogens (tertiary/aromatic N) is 5. The van der Waals surface area contributed by atoms with Crippen LogP contribution in [0.1, 0.15) is 0 Å². The van der Waals surface area contributed by atoms with Gasteiger partial charge in [0.05, 0.1) is 12.0 Å². The number of anilines is 2. The Morgan fingerprint density at radius 2 is 1.79 bits per heavy atom. The number of methoxy groups -OCH3 is 1. The Hall–Kier alpha value is -3.59. The van der Waals surface area contributed by atoms with E-state index in [9.17, 15) is 8.42 Å². The molecule has 28 heavy (non-hydrogen) atoms. The Kier molecular flexibility index (Phi) is 4.58. The van der Waals surface area contributed by atoms with Gasteiger partial charge < -0.3 is 4.74 Å². The van der Waals surface area contributed by atoms with Crippen LogP contribution in [0, 0.1) is 0 Å². The predicted molar refractivity (Wildman–Crippen MR) is 104 cm³/mol. The summed E-state index contributed by atoms with van der Waals surface area (Å²) < 4.78 is 33.6. The zero-order valence-corrected chi connectivity index (χ0v) is 15.6. The fourth-order valence-electron chi connectivity index (χ4n) is 2.80. The minimum absolute atomic E-state index is 0.107. The number of rotatable bonds is 5. The lowest BCUT2D eigenvalue weighted by atomic mass is 10.2. The summed E-state index contributed by atoms with van der Waals surface area (Å²) in [4.78, 5) is 16.3. The van der Waals surface area contributed by atoms with Gasteiger partial charge in [-0.1, -0.05) is 6.07 Å². The van der Waals surface area contributed by atoms with Crippen LogP contribution in [0.3, 0.4) is 0 Å². The summed E-state index contributed by atoms with van der Waals surface area (Å²) in [6.45, 7) is 0. The van der Waals surface area contributed by atoms with Crippen molar-refractivity contribution in [2.24, 2.45) is 0 Å². The van der Waals surface area contributed by atoms with Crippen LogP contribution in [0.15, 0.2) is 78.5 Å². The highest BCUT2D eigenvalue weighted by atomic mass is 32.2. The van der Waals surface area contributed by atoms with Crippen molar-refractivity contribution < 1.29 is 13.2 Å². The number of fused-ring (bicyclic) bond motifs is 1. The fraction of sp³-hybridized carbons (Fsp3) is 0.0526. The second-order valence-electron chi connectivity index (χ2n) is 5.75. The van der Waals surface area contributed by atoms with Crippen LogP contribution in [-0.2, 0) is 10.0 Å². The van der Waals surface area contributed by atoms with Crippen LogP contribution < -0.4 is 9.04 Å². The van der Waals surface area contributed by atoms with E-state index < -0.39 is 10.0 Å². The van der Waals surface area contributed by atoms with Gasteiger partial charge in [0.1, 0.15) is 12.0 Å². The first-order valence-corrected chi connectivity index (χ1v) is 9.69. The molecule has 8 nitrogen and oxygen atoms in total. The lowest BCUT2D eigenvalue weighted by molar-refractivity contribution is 0.399. The van der Waals surface area contributed by atoms with E-state index in [0.29, 0.717) is 0 Å². The van der Waals surface area contributed by atoms with Gasteiger partial charge in [0, 0.05) is 36.2 Å². The third-order valence-electron chi connectivity index (χ3n) is 4.09. The molecule has 0 spiro atoms. The molecule has 0 saturated carbocycles. The number of hydrogen-bond acceptors (Lipinski definition) is 7. The normalized spacial score (nSPS) is 11.3. The minimum atomic E-state index is -4.03. The summed E-state index contributed by atoms with van der Waals surface area (Å²) >= 11 is 0. The van der Waals surface area contributed by atoms with E-state index in [4.69, 9.17) is 4.74 Å². The van der Waals surface area contributed by atoms with E-state index in [1.54, 1.807) is 42.7 Å². The molecule has 9 heteroatoms. The molecular weight excluding hydrogens is 378 g/mol. The predicted octanol–water partition coefficient (Wildman–Crippen LogP) is 2.96. The van der Waals surface area contributed by atoms with Crippen molar-refractivity contribution in [1.29, 1.82) is 0 Å². The molecule has 0 atom stereocenters. The van der Waals surface area contributed by atoms with E-state index in [2.05, 4.69) is 19.9 Å². The van der Waals surface area contributed by atoms with Crippen molar-refractivity contribution in [3.8, 4) is 5.88 Å². The monoisotopic (exact) mass is 393 g/mol. The molecule has 0 aliphatic heterocycles. The molecule has 1 aromatic carbocycles. The molecule has 0 bridgehead atoms. The van der Waals surface area contributed by atoms with Crippen molar-refractivity contribution in [3.05, 3.63) is 73.6 Å². The zero-order chi connectivity index (χ0) is 19.6. The van der Waals surface area contributed by atoms with Crippen molar-refractivity contribution in [2.75, 3.05) is 11.4 Å². The molecule has 0 N–H and O–H groups in total. The molecule has 0 saturated heterocycles. The van der Waals surface area contributed by atoms with Gasteiger partial charge in [-0.25, -0.2) is 27.7 Å². The lowest BCUT2D eigenvalue weighted by Gasteiger charge is -2.24. The Morgan fingerprint density at radius 3 is 2.57 bits per heavy atom. The maximum Gasteiger partial charge on any atom is 0.270 e. The highest BCUT2D eigenvalue weighted by Crippen LogP contribution is 2.36. The molecule has 0 fully saturated rings. The second-order valence-corrected chi connectivity index (χ2v) is 7.54. The van der Waals surface area contributed by atoms with Gasteiger partial charge in [-0.05, 0) is 35.7 Å². The topological polar surface area (TPSA) is 98.2 Å². The summed E-state index contributed by atoms with van der Waals surface area (Å²) in [6.07, 6.45) is 7.58. The van der Waals surface area contributed by atoms with Crippen LogP contribution in [-0.4, -0.2) is 35.5 Å². The van der Waals surface area contributed by atoms with E-state index in [1.807, 2.05) is 0 Å². The maximum atomic E-state index is 13.6. The smallest absolute Gasteiger partial charge is 0.270 e. The molecule has 0 radical (unpaired) electrons. The van der Waals surface area contributed by atoms with Crippen LogP contribution >= 0.6 is 0 Å². The Bertz CT molecular complexity index is 1230. The Morgan fingerprint density at radius 1 is 0.929 bits per heavy atom. The molecule has 3 aromatic heterocycles. The van der Waals surface area contributed by atoms with E-state index in [1.165, 1.54) is 38.0 Å². The maximum absolute atomic E-state index is 13.6. The number of benzene rings is 1. The van der Waals surface area contributed by atoms with E-state index in [-0.39, 0.29) is 22.3 Å². The van der Waals surface area contributed by atoms with E-state index in [0.717, 1.165) is 15.1 Å². The zero-order valence-electron chi connectivity index (χ0n) is 14.8. The molecule has 0 aliphatic rings. The standard InChI is InChI=1S/C19H15N5O3S/c1-27-19-17(3-2-8-22-19)24(18-7-10-21-13-23-18)28(25,26)16-5-4-15-12-20-9-6-14(15)11-16/h2-13H,1H3. The SMILES string of the molecule is COc1ncccc1N(c1ccncn1)S(=O)(=O)c1ccc2cnccc2c1. The van der Waals surface area contributed by atoms with Gasteiger partial charge in [0.15, 0.2) is 5.82 Å². The van der Waals surface area contributed by atoms with Gasteiger partial charge in [0.2, 0.25) is 5.88 Å². The van der Waals surface area contributed by atoms with Gasteiger partial charge in [0.25, 0.3) is 10.0 Å². The van der Waals surface area contributed by atoms with Crippen LogP contribution in [0.25, 0.3) is 10.8 Å². The molecule has 0 aliphatic carbocycles. The summed E-state index contributed by atoms with van der Waals surface area (Å²) in [6, 6.07) is 11.4. The summed E-state index contributed by atoms with van der Waals surface area (Å²) in [7, 11) is -2.60. The van der Waals surface area contributed by atoms with Crippen molar-refractivity contribution >= 4 is 32.3 Å². The average Bonchev–Trinajstić information content (AvgIpc) is 2.74. The third kappa shape index (κ3) is 3.12. The number of hydrogen-bond donors (Lipinski definition) is 0. The summed E-state index contributed by atoms with van der Waals surface area (Å²) in [5.74, 6) is 0.339. The summed E-state index contributed by atoms with van der Waals surface area (Å²) in [5.41, 5.74) is 0.249. The quantitative estimate of drug-likeness (QED) is 0.514. The van der Waals surface area contributed by atoms with Crippen molar-refractivity contribution in [3.63, 3.8) is 0 Å². The average molecular weight is 393 g/mol. The molecule has 0 amide bonds. The highest BCUT2D eigenvalue weighted by molar-refractivity contribution is 7.93. The molecule has 4 rings (SSSR count). The molecule has 0 unspecified atom stereocenters. The van der Waals surface area contributed by atoms with Crippen LogP contribution in [0.5, 0.6) is 5.88 Å². The first-order valence-electron chi connectivity index (χ1n) is 8.25. The van der Waals surface area contributed by atoms with Gasteiger partial charge in [-0.2, -0.15) is 0 Å². The van der Waals surface area contributed by atoms with Crippen LogP contribution in [0.2, 0.25) is 0 Å².